The fourth-order valence-corrected chi connectivity index (χ4v) is 5.26. The lowest BCUT2D eigenvalue weighted by Crippen LogP contribution is -2.33. The Labute approximate surface area is 219 Å². The summed E-state index contributed by atoms with van der Waals surface area (Å²) in [5.74, 6) is -1.92. The van der Waals surface area contributed by atoms with Crippen molar-refractivity contribution < 1.29 is 19.1 Å². The number of carbonyl (C=O) groups is 3. The second-order valence-electron chi connectivity index (χ2n) is 7.35. The van der Waals surface area contributed by atoms with Gasteiger partial charge in [-0.3, -0.25) is 14.4 Å². The normalized spacial score (nSPS) is 11.6. The fourth-order valence-electron chi connectivity index (χ4n) is 3.30. The summed E-state index contributed by atoms with van der Waals surface area (Å²) < 4.78 is 6.30. The van der Waals surface area contributed by atoms with E-state index in [0.29, 0.717) is 26.3 Å². The fraction of sp³-hybridized carbons (Fsp3) is 0.0800. The summed E-state index contributed by atoms with van der Waals surface area (Å²) in [4.78, 5) is 38.5. The molecule has 0 aliphatic rings. The molecule has 178 valence electrons. The number of thiophene rings is 1. The van der Waals surface area contributed by atoms with E-state index in [1.165, 1.54) is 29.5 Å². The first-order chi connectivity index (χ1) is 16.8. The number of nitrogens with one attached hydrogen (secondary N) is 2. The molecular formula is C25H17Cl3N2O4S. The van der Waals surface area contributed by atoms with Crippen molar-refractivity contribution in [3.63, 3.8) is 0 Å². The van der Waals surface area contributed by atoms with E-state index in [-0.39, 0.29) is 4.88 Å². The van der Waals surface area contributed by atoms with Gasteiger partial charge in [-0.15, -0.1) is 11.3 Å². The maximum Gasteiger partial charge on any atom is 0.326 e. The molecule has 0 bridgehead atoms. The molecule has 0 aliphatic heterocycles. The summed E-state index contributed by atoms with van der Waals surface area (Å²) in [5, 5.41) is 6.91. The van der Waals surface area contributed by atoms with Crippen LogP contribution in [0.4, 0.5) is 5.69 Å². The minimum absolute atomic E-state index is 0.288. The van der Waals surface area contributed by atoms with Crippen molar-refractivity contribution in [2.75, 3.05) is 11.9 Å². The van der Waals surface area contributed by atoms with Crippen LogP contribution in [0.3, 0.4) is 0 Å². The molecular weight excluding hydrogens is 531 g/mol. The summed E-state index contributed by atoms with van der Waals surface area (Å²) >= 11 is 19.6. The first kappa shape index (κ1) is 25.0. The predicted octanol–water partition coefficient (Wildman–Crippen LogP) is 6.51. The van der Waals surface area contributed by atoms with Crippen LogP contribution >= 0.6 is 46.1 Å². The summed E-state index contributed by atoms with van der Waals surface area (Å²) in [6.45, 7) is -0.455. The number of esters is 1. The van der Waals surface area contributed by atoms with Gasteiger partial charge in [0.1, 0.15) is 11.4 Å². The van der Waals surface area contributed by atoms with E-state index in [1.807, 2.05) is 24.3 Å². The monoisotopic (exact) mass is 546 g/mol. The molecule has 1 atom stereocenters. The number of carbonyl (C=O) groups excluding carboxylic acids is 3. The minimum atomic E-state index is -1.27. The van der Waals surface area contributed by atoms with Crippen molar-refractivity contribution in [2.24, 2.45) is 0 Å². The Kier molecular flexibility index (Phi) is 7.93. The van der Waals surface area contributed by atoms with Crippen LogP contribution in [0.25, 0.3) is 10.1 Å². The lowest BCUT2D eigenvalue weighted by molar-refractivity contribution is -0.153. The number of hydrogen-bond donors (Lipinski definition) is 2. The van der Waals surface area contributed by atoms with E-state index in [2.05, 4.69) is 10.6 Å². The van der Waals surface area contributed by atoms with Crippen molar-refractivity contribution >= 4 is 79.7 Å². The molecule has 3 aromatic carbocycles. The Hall–Kier alpha value is -3.10. The maximum absolute atomic E-state index is 13.0. The van der Waals surface area contributed by atoms with Crippen molar-refractivity contribution in [3.05, 3.63) is 98.3 Å². The molecule has 4 rings (SSSR count). The molecule has 0 saturated heterocycles. The van der Waals surface area contributed by atoms with Gasteiger partial charge in [-0.2, -0.15) is 0 Å². The molecule has 0 aliphatic carbocycles. The maximum atomic E-state index is 13.0. The molecule has 2 amide bonds. The number of fused-ring (bicyclic) bond motifs is 1. The first-order valence-electron chi connectivity index (χ1n) is 10.3. The molecule has 0 spiro atoms. The lowest BCUT2D eigenvalue weighted by atomic mass is 10.1. The van der Waals surface area contributed by atoms with Gasteiger partial charge >= 0.3 is 5.97 Å². The Morgan fingerprint density at radius 3 is 2.23 bits per heavy atom. The predicted molar refractivity (Wildman–Crippen MR) is 140 cm³/mol. The van der Waals surface area contributed by atoms with E-state index < -0.39 is 30.4 Å². The minimum Gasteiger partial charge on any atom is -0.446 e. The zero-order valence-corrected chi connectivity index (χ0v) is 21.0. The van der Waals surface area contributed by atoms with Crippen molar-refractivity contribution in [1.82, 2.24) is 5.32 Å². The summed E-state index contributed by atoms with van der Waals surface area (Å²) in [6, 6.07) is 20.4. The third-order valence-corrected chi connectivity index (χ3v) is 6.96. The van der Waals surface area contributed by atoms with Crippen LogP contribution in [0.1, 0.15) is 21.3 Å². The van der Waals surface area contributed by atoms with Gasteiger partial charge in [0.15, 0.2) is 0 Å². The molecule has 4 aromatic rings. The number of hydrogen-bond acceptors (Lipinski definition) is 5. The van der Waals surface area contributed by atoms with E-state index >= 15 is 0 Å². The lowest BCUT2D eigenvalue weighted by Gasteiger charge is -2.18. The molecule has 1 aromatic heterocycles. The number of anilines is 1. The zero-order valence-electron chi connectivity index (χ0n) is 17.9. The zero-order chi connectivity index (χ0) is 24.9. The number of amides is 2. The highest BCUT2D eigenvalue weighted by molar-refractivity contribution is 7.21. The van der Waals surface area contributed by atoms with Crippen molar-refractivity contribution in [2.45, 2.75) is 6.10 Å². The highest BCUT2D eigenvalue weighted by Crippen LogP contribution is 2.35. The average molecular weight is 548 g/mol. The summed E-state index contributed by atoms with van der Waals surface area (Å²) in [6.07, 6.45) is -1.27. The topological polar surface area (TPSA) is 84.5 Å². The highest BCUT2D eigenvalue weighted by atomic mass is 35.5. The van der Waals surface area contributed by atoms with Crippen LogP contribution in [0.15, 0.2) is 72.8 Å². The number of rotatable bonds is 7. The third kappa shape index (κ3) is 6.13. The quantitative estimate of drug-likeness (QED) is 0.258. The summed E-state index contributed by atoms with van der Waals surface area (Å²) in [7, 11) is 0. The molecule has 10 heteroatoms. The molecule has 0 fully saturated rings. The second-order valence-corrected chi connectivity index (χ2v) is 9.65. The first-order valence-corrected chi connectivity index (χ1v) is 12.2. The van der Waals surface area contributed by atoms with Gasteiger partial charge in [0.25, 0.3) is 11.8 Å². The average Bonchev–Trinajstić information content (AvgIpc) is 3.17. The molecule has 0 radical (unpaired) electrons. The largest absolute Gasteiger partial charge is 0.446 e. The Balaban J connectivity index is 1.45. The van der Waals surface area contributed by atoms with Gasteiger partial charge in [-0.1, -0.05) is 83.3 Å². The van der Waals surface area contributed by atoms with Gasteiger partial charge in [0.2, 0.25) is 6.10 Å². The Morgan fingerprint density at radius 2 is 1.54 bits per heavy atom. The van der Waals surface area contributed by atoms with Crippen molar-refractivity contribution in [1.29, 1.82) is 0 Å². The molecule has 35 heavy (non-hydrogen) atoms. The smallest absolute Gasteiger partial charge is 0.326 e. The van der Waals surface area contributed by atoms with Crippen LogP contribution < -0.4 is 10.6 Å². The van der Waals surface area contributed by atoms with Crippen LogP contribution in [-0.2, 0) is 14.3 Å². The molecule has 0 saturated carbocycles. The number of halogens is 3. The summed E-state index contributed by atoms with van der Waals surface area (Å²) in [5.41, 5.74) is 0.794. The number of benzene rings is 3. The standard InChI is InChI=1S/C25H17Cl3N2O4S/c26-15-10-16(27)12-17(11-15)30-24(32)22(14-6-2-1-3-7-14)34-20(31)13-29-25(33)23-21(28)18-8-4-5-9-19(18)35-23/h1-12,22H,13H2,(H,29,33)(H,30,32). The van der Waals surface area contributed by atoms with E-state index in [0.717, 1.165) is 10.1 Å². The molecule has 1 unspecified atom stereocenters. The molecule has 6 nitrogen and oxygen atoms in total. The Morgan fingerprint density at radius 1 is 0.886 bits per heavy atom. The number of ether oxygens (including phenoxy) is 1. The molecule has 1 heterocycles. The van der Waals surface area contributed by atoms with Gasteiger partial charge in [-0.25, -0.2) is 0 Å². The Bertz CT molecular complexity index is 1390. The van der Waals surface area contributed by atoms with Gasteiger partial charge < -0.3 is 15.4 Å². The van der Waals surface area contributed by atoms with Crippen molar-refractivity contribution in [3.8, 4) is 0 Å². The highest BCUT2D eigenvalue weighted by Gasteiger charge is 2.26. The second kappa shape index (κ2) is 11.1. The van der Waals surface area contributed by atoms with Crippen LogP contribution in [0.2, 0.25) is 15.1 Å². The molecule has 2 N–H and O–H groups in total. The van der Waals surface area contributed by atoms with E-state index in [4.69, 9.17) is 39.5 Å². The van der Waals surface area contributed by atoms with Crippen LogP contribution in [-0.4, -0.2) is 24.3 Å². The van der Waals surface area contributed by atoms with E-state index in [9.17, 15) is 14.4 Å². The van der Waals surface area contributed by atoms with Crippen LogP contribution in [0.5, 0.6) is 0 Å². The van der Waals surface area contributed by atoms with Crippen LogP contribution in [0, 0.1) is 0 Å². The van der Waals surface area contributed by atoms with Gasteiger partial charge in [0, 0.05) is 31.4 Å². The van der Waals surface area contributed by atoms with E-state index in [1.54, 1.807) is 30.3 Å². The van der Waals surface area contributed by atoms with Gasteiger partial charge in [0.05, 0.1) is 5.02 Å². The SMILES string of the molecule is O=C(CNC(=O)c1sc2ccccc2c1Cl)OC(C(=O)Nc1cc(Cl)cc(Cl)c1)c1ccccc1. The van der Waals surface area contributed by atoms with Gasteiger partial charge in [-0.05, 0) is 24.3 Å². The third-order valence-electron chi connectivity index (χ3n) is 4.85.